The zero-order valence-corrected chi connectivity index (χ0v) is 13.2. The third-order valence-electron chi connectivity index (χ3n) is 3.97. The van der Waals surface area contributed by atoms with E-state index < -0.39 is 0 Å². The van der Waals surface area contributed by atoms with Crippen LogP contribution in [0.25, 0.3) is 0 Å². The number of hydrogen-bond acceptors (Lipinski definition) is 4. The number of ether oxygens (including phenoxy) is 2. The van der Waals surface area contributed by atoms with Gasteiger partial charge in [-0.25, -0.2) is 0 Å². The zero-order chi connectivity index (χ0) is 16.8. The van der Waals surface area contributed by atoms with Crippen LogP contribution in [0.15, 0.2) is 53.5 Å². The second kappa shape index (κ2) is 7.90. The van der Waals surface area contributed by atoms with Gasteiger partial charge < -0.3 is 19.8 Å². The highest BCUT2D eigenvalue weighted by Crippen LogP contribution is 2.14. The van der Waals surface area contributed by atoms with Crippen molar-refractivity contribution in [2.24, 2.45) is 0 Å². The minimum absolute atomic E-state index is 0.123. The van der Waals surface area contributed by atoms with Gasteiger partial charge in [0.1, 0.15) is 6.10 Å². The first-order chi connectivity index (χ1) is 11.7. The van der Waals surface area contributed by atoms with Crippen molar-refractivity contribution in [1.82, 2.24) is 10.3 Å². The minimum atomic E-state index is -0.235. The maximum atomic E-state index is 12.3. The predicted molar refractivity (Wildman–Crippen MR) is 88.8 cm³/mol. The molecule has 1 fully saturated rings. The lowest BCUT2D eigenvalue weighted by Crippen LogP contribution is -2.50. The number of carbonyl (C=O) groups excluding carboxylic acids is 1. The highest BCUT2D eigenvalue weighted by atomic mass is 16.5. The van der Waals surface area contributed by atoms with Crippen LogP contribution in [0, 0.1) is 0 Å². The molecule has 0 radical (unpaired) electrons. The topological polar surface area (TPSA) is 80.4 Å². The second-order valence-electron chi connectivity index (χ2n) is 5.72. The van der Waals surface area contributed by atoms with Crippen molar-refractivity contribution in [1.29, 1.82) is 0 Å². The molecule has 24 heavy (non-hydrogen) atoms. The number of aromatic nitrogens is 1. The predicted octanol–water partition coefficient (Wildman–Crippen LogP) is 1.48. The SMILES string of the molecule is O=C(N[C@@H]1CCOC[C@H]1OCc1ccccc1)c1ccc(=O)[nH]c1. The monoisotopic (exact) mass is 328 g/mol. The highest BCUT2D eigenvalue weighted by molar-refractivity contribution is 5.94. The standard InChI is InChI=1S/C18H20N2O4/c21-17-7-6-14(10-19-17)18(22)20-15-8-9-23-12-16(15)24-11-13-4-2-1-3-5-13/h1-7,10,15-16H,8-9,11-12H2,(H,19,21)(H,20,22)/t15-,16-/m1/s1. The van der Waals surface area contributed by atoms with E-state index in [2.05, 4.69) is 10.3 Å². The number of rotatable bonds is 5. The molecule has 6 nitrogen and oxygen atoms in total. The van der Waals surface area contributed by atoms with Crippen molar-refractivity contribution >= 4 is 5.91 Å². The molecule has 2 aromatic rings. The van der Waals surface area contributed by atoms with Crippen molar-refractivity contribution in [2.45, 2.75) is 25.2 Å². The number of pyridine rings is 1. The van der Waals surface area contributed by atoms with Gasteiger partial charge in [0.25, 0.3) is 5.91 Å². The summed E-state index contributed by atoms with van der Waals surface area (Å²) in [5.41, 5.74) is 1.26. The summed E-state index contributed by atoms with van der Waals surface area (Å²) in [7, 11) is 0. The molecular weight excluding hydrogens is 308 g/mol. The Morgan fingerprint density at radius 2 is 2.08 bits per heavy atom. The quantitative estimate of drug-likeness (QED) is 0.871. The molecule has 0 bridgehead atoms. The van der Waals surface area contributed by atoms with Crippen molar-refractivity contribution < 1.29 is 14.3 Å². The molecule has 2 N–H and O–H groups in total. The number of carbonyl (C=O) groups is 1. The smallest absolute Gasteiger partial charge is 0.253 e. The Kier molecular flexibility index (Phi) is 5.40. The Bertz CT molecular complexity index is 709. The molecule has 0 unspecified atom stereocenters. The Morgan fingerprint density at radius 3 is 2.83 bits per heavy atom. The molecule has 1 aromatic carbocycles. The molecule has 1 saturated heterocycles. The first-order valence-corrected chi connectivity index (χ1v) is 7.95. The van der Waals surface area contributed by atoms with E-state index in [0.717, 1.165) is 5.56 Å². The first kappa shape index (κ1) is 16.4. The highest BCUT2D eigenvalue weighted by Gasteiger charge is 2.28. The van der Waals surface area contributed by atoms with Gasteiger partial charge in [-0.1, -0.05) is 30.3 Å². The summed E-state index contributed by atoms with van der Waals surface area (Å²) in [6.07, 6.45) is 1.90. The van der Waals surface area contributed by atoms with Crippen molar-refractivity contribution in [2.75, 3.05) is 13.2 Å². The van der Waals surface area contributed by atoms with Crippen molar-refractivity contribution in [3.63, 3.8) is 0 Å². The van der Waals surface area contributed by atoms with Gasteiger partial charge in [-0.2, -0.15) is 0 Å². The molecule has 126 valence electrons. The first-order valence-electron chi connectivity index (χ1n) is 7.95. The van der Waals surface area contributed by atoms with Crippen molar-refractivity contribution in [3.8, 4) is 0 Å². The summed E-state index contributed by atoms with van der Waals surface area (Å²) < 4.78 is 11.4. The van der Waals surface area contributed by atoms with E-state index in [1.807, 2.05) is 30.3 Å². The number of H-pyrrole nitrogens is 1. The lowest BCUT2D eigenvalue weighted by Gasteiger charge is -2.32. The van der Waals surface area contributed by atoms with Crippen LogP contribution in [-0.4, -0.2) is 36.3 Å². The van der Waals surface area contributed by atoms with Crippen LogP contribution in [0.2, 0.25) is 0 Å². The third-order valence-corrected chi connectivity index (χ3v) is 3.97. The molecule has 1 amide bonds. The summed E-state index contributed by atoms with van der Waals surface area (Å²) in [6.45, 7) is 1.51. The molecule has 0 spiro atoms. The van der Waals surface area contributed by atoms with Gasteiger partial charge in [0, 0.05) is 18.9 Å². The van der Waals surface area contributed by atoms with Crippen LogP contribution < -0.4 is 10.9 Å². The van der Waals surface area contributed by atoms with E-state index >= 15 is 0 Å². The largest absolute Gasteiger partial charge is 0.379 e. The third kappa shape index (κ3) is 4.31. The number of amides is 1. The van der Waals surface area contributed by atoms with Crippen LogP contribution in [0.1, 0.15) is 22.3 Å². The maximum Gasteiger partial charge on any atom is 0.253 e. The van der Waals surface area contributed by atoms with E-state index in [4.69, 9.17) is 9.47 Å². The normalized spacial score (nSPS) is 20.5. The van der Waals surface area contributed by atoms with Crippen molar-refractivity contribution in [3.05, 3.63) is 70.1 Å². The fraction of sp³-hybridized carbons (Fsp3) is 0.333. The lowest BCUT2D eigenvalue weighted by atomic mass is 10.1. The van der Waals surface area contributed by atoms with Gasteiger partial charge in [-0.15, -0.1) is 0 Å². The number of benzene rings is 1. The summed E-state index contributed by atoms with van der Waals surface area (Å²) in [5, 5.41) is 2.97. The van der Waals surface area contributed by atoms with Crippen LogP contribution >= 0.6 is 0 Å². The van der Waals surface area contributed by atoms with Crippen LogP contribution in [0.4, 0.5) is 0 Å². The number of nitrogens with one attached hydrogen (secondary N) is 2. The molecule has 1 aliphatic rings. The van der Waals surface area contributed by atoms with Gasteiger partial charge in [-0.3, -0.25) is 9.59 Å². The van der Waals surface area contributed by atoms with Crippen LogP contribution in [-0.2, 0) is 16.1 Å². The van der Waals surface area contributed by atoms with Gasteiger partial charge in [-0.05, 0) is 18.1 Å². The number of aromatic amines is 1. The van der Waals surface area contributed by atoms with Gasteiger partial charge >= 0.3 is 0 Å². The Morgan fingerprint density at radius 1 is 1.25 bits per heavy atom. The van der Waals surface area contributed by atoms with Gasteiger partial charge in [0.15, 0.2) is 0 Å². The summed E-state index contributed by atoms with van der Waals surface area (Å²) in [4.78, 5) is 25.9. The molecule has 6 heteroatoms. The van der Waals surface area contributed by atoms with Crippen LogP contribution in [0.5, 0.6) is 0 Å². The Balaban J connectivity index is 1.60. The second-order valence-corrected chi connectivity index (χ2v) is 5.72. The number of hydrogen-bond donors (Lipinski definition) is 2. The average Bonchev–Trinajstić information content (AvgIpc) is 2.62. The molecule has 2 heterocycles. The summed E-state index contributed by atoms with van der Waals surface area (Å²) in [6, 6.07) is 12.6. The minimum Gasteiger partial charge on any atom is -0.379 e. The molecule has 0 aliphatic carbocycles. The van der Waals surface area contributed by atoms with Gasteiger partial charge in [0.2, 0.25) is 5.56 Å². The van der Waals surface area contributed by atoms with Gasteiger partial charge in [0.05, 0.1) is 24.8 Å². The summed E-state index contributed by atoms with van der Waals surface area (Å²) in [5.74, 6) is -0.230. The van der Waals surface area contributed by atoms with E-state index in [0.29, 0.717) is 31.8 Å². The molecular formula is C18H20N2O4. The van der Waals surface area contributed by atoms with E-state index in [-0.39, 0.29) is 23.6 Å². The van der Waals surface area contributed by atoms with E-state index in [1.165, 1.54) is 18.3 Å². The Hall–Kier alpha value is -2.44. The average molecular weight is 328 g/mol. The molecule has 1 aromatic heterocycles. The molecule has 1 aliphatic heterocycles. The molecule has 3 rings (SSSR count). The fourth-order valence-corrected chi connectivity index (χ4v) is 2.62. The zero-order valence-electron chi connectivity index (χ0n) is 13.2. The van der Waals surface area contributed by atoms with E-state index in [1.54, 1.807) is 0 Å². The lowest BCUT2D eigenvalue weighted by molar-refractivity contribution is -0.0736. The summed E-state index contributed by atoms with van der Waals surface area (Å²) >= 11 is 0. The fourth-order valence-electron chi connectivity index (χ4n) is 2.62. The molecule has 0 saturated carbocycles. The van der Waals surface area contributed by atoms with E-state index in [9.17, 15) is 9.59 Å². The molecule has 2 atom stereocenters. The Labute approximate surface area is 139 Å². The maximum absolute atomic E-state index is 12.3. The van der Waals surface area contributed by atoms with Crippen LogP contribution in [0.3, 0.4) is 0 Å².